The Balaban J connectivity index is 1.51. The van der Waals surface area contributed by atoms with Crippen molar-refractivity contribution in [2.75, 3.05) is 4.90 Å². The van der Waals surface area contributed by atoms with Gasteiger partial charge in [-0.2, -0.15) is 4.98 Å². The van der Waals surface area contributed by atoms with Gasteiger partial charge in [-0.25, -0.2) is 18.7 Å². The summed E-state index contributed by atoms with van der Waals surface area (Å²) in [5.74, 6) is 1.05. The number of aromatic nitrogens is 7. The van der Waals surface area contributed by atoms with Crippen molar-refractivity contribution in [1.82, 2.24) is 34.3 Å². The van der Waals surface area contributed by atoms with Gasteiger partial charge in [-0.1, -0.05) is 6.92 Å². The fourth-order valence-corrected chi connectivity index (χ4v) is 4.57. The van der Waals surface area contributed by atoms with Gasteiger partial charge in [0.25, 0.3) is 0 Å². The second kappa shape index (κ2) is 7.18. The predicted molar refractivity (Wildman–Crippen MR) is 113 cm³/mol. The van der Waals surface area contributed by atoms with E-state index in [2.05, 4.69) is 32.0 Å². The Kier molecular flexibility index (Phi) is 4.27. The molecule has 1 fully saturated rings. The largest absolute Gasteiger partial charge is 0.341 e. The van der Waals surface area contributed by atoms with E-state index in [-0.39, 0.29) is 11.6 Å². The molecule has 0 amide bonds. The number of halogens is 2. The highest BCUT2D eigenvalue weighted by atomic mass is 19.1. The Morgan fingerprint density at radius 3 is 2.75 bits per heavy atom. The molecule has 32 heavy (non-hydrogen) atoms. The molecule has 162 valence electrons. The monoisotopic (exact) mass is 434 g/mol. The summed E-state index contributed by atoms with van der Waals surface area (Å²) in [6.45, 7) is 2.13. The van der Waals surface area contributed by atoms with E-state index in [9.17, 15) is 8.78 Å². The maximum atomic E-state index is 14.5. The molecule has 4 aromatic rings. The molecule has 3 aromatic heterocycles. The van der Waals surface area contributed by atoms with Crippen molar-refractivity contribution < 1.29 is 8.78 Å². The molecule has 2 aliphatic rings. The van der Waals surface area contributed by atoms with Crippen LogP contribution < -0.4 is 4.90 Å². The molecule has 8 nitrogen and oxygen atoms in total. The molecule has 1 aromatic carbocycles. The van der Waals surface area contributed by atoms with Crippen molar-refractivity contribution in [3.8, 4) is 23.0 Å². The average Bonchev–Trinajstić information content (AvgIpc) is 3.42. The number of rotatable bonds is 4. The fourth-order valence-electron chi connectivity index (χ4n) is 4.57. The van der Waals surface area contributed by atoms with Gasteiger partial charge < -0.3 is 4.90 Å². The molecular weight excluding hydrogens is 414 g/mol. The molecule has 1 aliphatic heterocycles. The molecule has 4 heterocycles. The van der Waals surface area contributed by atoms with Gasteiger partial charge in [0.15, 0.2) is 11.6 Å². The van der Waals surface area contributed by atoms with Gasteiger partial charge in [-0.15, -0.1) is 10.2 Å². The molecule has 0 saturated heterocycles. The van der Waals surface area contributed by atoms with Gasteiger partial charge in [-0.05, 0) is 37.8 Å². The molecule has 0 N–H and O–H groups in total. The van der Waals surface area contributed by atoms with Crippen LogP contribution in [0.5, 0.6) is 0 Å². The van der Waals surface area contributed by atoms with Crippen LogP contribution in [-0.2, 0) is 0 Å². The summed E-state index contributed by atoms with van der Waals surface area (Å²) in [5, 5.41) is 8.49. The predicted octanol–water partition coefficient (Wildman–Crippen LogP) is 4.01. The van der Waals surface area contributed by atoms with Gasteiger partial charge in [0, 0.05) is 24.5 Å². The van der Waals surface area contributed by atoms with Crippen LogP contribution >= 0.6 is 0 Å². The molecular formula is C22H20F2N8. The zero-order chi connectivity index (χ0) is 21.8. The third kappa shape index (κ3) is 2.75. The van der Waals surface area contributed by atoms with Gasteiger partial charge in [0.2, 0.25) is 5.95 Å². The number of benzene rings is 1. The number of fused-ring (bicyclic) bond motifs is 3. The summed E-state index contributed by atoms with van der Waals surface area (Å²) >= 11 is 0. The molecule has 0 radical (unpaired) electrons. The lowest BCUT2D eigenvalue weighted by Gasteiger charge is -2.45. The normalized spacial score (nSPS) is 17.7. The number of nitrogens with zero attached hydrogens (tertiary/aromatic N) is 8. The number of hydrogen-bond donors (Lipinski definition) is 0. The highest BCUT2D eigenvalue weighted by Gasteiger charge is 2.39. The van der Waals surface area contributed by atoms with Gasteiger partial charge >= 0.3 is 0 Å². The molecule has 1 aliphatic carbocycles. The summed E-state index contributed by atoms with van der Waals surface area (Å²) < 4.78 is 31.4. The average molecular weight is 434 g/mol. The zero-order valence-corrected chi connectivity index (χ0v) is 17.4. The highest BCUT2D eigenvalue weighted by Crippen LogP contribution is 2.43. The summed E-state index contributed by atoms with van der Waals surface area (Å²) in [5.41, 5.74) is 1.00. The van der Waals surface area contributed by atoms with Crippen LogP contribution in [0.4, 0.5) is 14.6 Å². The minimum Gasteiger partial charge on any atom is -0.341 e. The molecule has 1 saturated carbocycles. The summed E-state index contributed by atoms with van der Waals surface area (Å²) in [6.07, 6.45) is 10.9. The molecule has 1 unspecified atom stereocenters. The van der Waals surface area contributed by atoms with Crippen molar-refractivity contribution in [2.45, 2.75) is 44.7 Å². The van der Waals surface area contributed by atoms with Crippen LogP contribution in [0.2, 0.25) is 0 Å². The van der Waals surface area contributed by atoms with E-state index in [0.29, 0.717) is 17.8 Å². The van der Waals surface area contributed by atoms with Crippen molar-refractivity contribution in [1.29, 1.82) is 0 Å². The number of anilines is 1. The lowest BCUT2D eigenvalue weighted by atomic mass is 9.89. The Morgan fingerprint density at radius 2 is 2.00 bits per heavy atom. The van der Waals surface area contributed by atoms with Crippen molar-refractivity contribution in [2.24, 2.45) is 0 Å². The molecule has 10 heteroatoms. The minimum absolute atomic E-state index is 0.0647. The first kappa shape index (κ1) is 19.0. The SMILES string of the molecule is CCC1c2nncn2-c2cnc(-n3ccnc3-c3ccc(F)cc3F)nc2N1C1CCC1. The van der Waals surface area contributed by atoms with Crippen LogP contribution in [-0.4, -0.2) is 40.3 Å². The van der Waals surface area contributed by atoms with E-state index in [1.807, 2.05) is 4.57 Å². The van der Waals surface area contributed by atoms with Crippen LogP contribution in [0, 0.1) is 11.6 Å². The van der Waals surface area contributed by atoms with Crippen LogP contribution in [0.3, 0.4) is 0 Å². The van der Waals surface area contributed by atoms with E-state index in [1.54, 1.807) is 29.5 Å². The van der Waals surface area contributed by atoms with Crippen LogP contribution in [0.1, 0.15) is 44.5 Å². The van der Waals surface area contributed by atoms with E-state index in [1.165, 1.54) is 18.6 Å². The molecule has 6 rings (SSSR count). The standard InChI is InChI=1S/C22H20F2N8/c1-2-17-21-29-27-12-31(21)18-11-26-22(28-20(18)32(17)14-4-3-5-14)30-9-8-25-19(30)15-7-6-13(23)10-16(15)24/h6-12,14,17H,2-5H2,1H3. The first-order chi connectivity index (χ1) is 15.7. The lowest BCUT2D eigenvalue weighted by Crippen LogP contribution is -2.46. The Labute approximate surface area is 182 Å². The molecule has 0 bridgehead atoms. The fraction of sp³-hybridized carbons (Fsp3) is 0.318. The second-order valence-corrected chi connectivity index (χ2v) is 8.10. The summed E-state index contributed by atoms with van der Waals surface area (Å²) in [4.78, 5) is 16.1. The maximum absolute atomic E-state index is 14.5. The number of imidazole rings is 1. The molecule has 0 spiro atoms. The van der Waals surface area contributed by atoms with E-state index in [0.717, 1.165) is 42.7 Å². The Morgan fingerprint density at radius 1 is 1.12 bits per heavy atom. The third-order valence-corrected chi connectivity index (χ3v) is 6.33. The van der Waals surface area contributed by atoms with Gasteiger partial charge in [0.05, 0.1) is 17.8 Å². The first-order valence-electron chi connectivity index (χ1n) is 10.7. The summed E-state index contributed by atoms with van der Waals surface area (Å²) in [6, 6.07) is 3.88. The smallest absolute Gasteiger partial charge is 0.237 e. The highest BCUT2D eigenvalue weighted by molar-refractivity contribution is 5.64. The second-order valence-electron chi connectivity index (χ2n) is 8.10. The van der Waals surface area contributed by atoms with Crippen LogP contribution in [0.15, 0.2) is 43.1 Å². The lowest BCUT2D eigenvalue weighted by molar-refractivity contribution is 0.341. The maximum Gasteiger partial charge on any atom is 0.237 e. The zero-order valence-electron chi connectivity index (χ0n) is 17.4. The number of hydrogen-bond acceptors (Lipinski definition) is 6. The van der Waals surface area contributed by atoms with Crippen LogP contribution in [0.25, 0.3) is 23.0 Å². The topological polar surface area (TPSA) is 77.5 Å². The minimum atomic E-state index is -0.688. The van der Waals surface area contributed by atoms with E-state index in [4.69, 9.17) is 4.98 Å². The van der Waals surface area contributed by atoms with Crippen molar-refractivity contribution in [3.63, 3.8) is 0 Å². The van der Waals surface area contributed by atoms with Gasteiger partial charge in [0.1, 0.15) is 29.5 Å². The van der Waals surface area contributed by atoms with Gasteiger partial charge in [-0.3, -0.25) is 9.13 Å². The van der Waals surface area contributed by atoms with Crippen molar-refractivity contribution >= 4 is 5.82 Å². The quantitative estimate of drug-likeness (QED) is 0.483. The van der Waals surface area contributed by atoms with E-state index >= 15 is 0 Å². The molecule has 1 atom stereocenters. The van der Waals surface area contributed by atoms with E-state index < -0.39 is 11.6 Å². The first-order valence-corrected chi connectivity index (χ1v) is 10.7. The van der Waals surface area contributed by atoms with Crippen molar-refractivity contribution in [3.05, 3.63) is 60.6 Å². The third-order valence-electron chi connectivity index (χ3n) is 6.33. The summed E-state index contributed by atoms with van der Waals surface area (Å²) in [7, 11) is 0. The Hall–Kier alpha value is -3.69. The Bertz CT molecular complexity index is 1310.